The first-order chi connectivity index (χ1) is 8.60. The monoisotopic (exact) mass is 246 g/mol. The molecule has 3 nitrogen and oxygen atoms in total. The molecule has 2 N–H and O–H groups in total. The number of pyridine rings is 1. The van der Waals surface area contributed by atoms with Crippen LogP contribution in [0.15, 0.2) is 30.5 Å². The van der Waals surface area contributed by atoms with E-state index in [1.165, 1.54) is 6.07 Å². The molecule has 2 rings (SSSR count). The summed E-state index contributed by atoms with van der Waals surface area (Å²) in [4.78, 5) is 4.15. The van der Waals surface area contributed by atoms with Gasteiger partial charge in [0, 0.05) is 18.3 Å². The number of aryl methyl sites for hydroxylation is 2. The summed E-state index contributed by atoms with van der Waals surface area (Å²) in [5.74, 6) is 0.187. The third kappa shape index (κ3) is 2.65. The van der Waals surface area contributed by atoms with Crippen LogP contribution >= 0.6 is 0 Å². The molecule has 0 aliphatic carbocycles. The van der Waals surface area contributed by atoms with Crippen LogP contribution in [0.1, 0.15) is 16.7 Å². The Morgan fingerprint density at radius 1 is 1.28 bits per heavy atom. The van der Waals surface area contributed by atoms with E-state index < -0.39 is 5.82 Å². The number of hydrogen-bond donors (Lipinski definition) is 1. The fraction of sp³-hybridized carbons (Fsp3) is 0.214. The number of hydrogen-bond acceptors (Lipinski definition) is 3. The second-order valence-electron chi connectivity index (χ2n) is 4.21. The number of aromatic nitrogens is 1. The van der Waals surface area contributed by atoms with Gasteiger partial charge >= 0.3 is 0 Å². The van der Waals surface area contributed by atoms with Crippen molar-refractivity contribution >= 4 is 0 Å². The third-order valence-corrected chi connectivity index (χ3v) is 2.62. The van der Waals surface area contributed by atoms with E-state index in [2.05, 4.69) is 4.98 Å². The van der Waals surface area contributed by atoms with Crippen molar-refractivity contribution in [1.82, 2.24) is 4.98 Å². The van der Waals surface area contributed by atoms with E-state index in [0.717, 1.165) is 16.7 Å². The summed E-state index contributed by atoms with van der Waals surface area (Å²) in [6.07, 6.45) is 1.63. The third-order valence-electron chi connectivity index (χ3n) is 2.62. The van der Waals surface area contributed by atoms with Gasteiger partial charge in [-0.2, -0.15) is 0 Å². The molecule has 94 valence electrons. The predicted octanol–water partition coefficient (Wildman–Crippen LogP) is 3.09. The SMILES string of the molecule is Cc1ccc(F)c(Oc2ncc(CN)cc2C)c1. The van der Waals surface area contributed by atoms with Crippen molar-refractivity contribution in [1.29, 1.82) is 0 Å². The number of nitrogens with zero attached hydrogens (tertiary/aromatic N) is 1. The highest BCUT2D eigenvalue weighted by atomic mass is 19.1. The van der Waals surface area contributed by atoms with Gasteiger partial charge in [0.05, 0.1) is 0 Å². The molecule has 0 fully saturated rings. The molecule has 2 aromatic rings. The zero-order valence-corrected chi connectivity index (χ0v) is 10.4. The van der Waals surface area contributed by atoms with Gasteiger partial charge in [-0.3, -0.25) is 0 Å². The lowest BCUT2D eigenvalue weighted by atomic mass is 10.2. The fourth-order valence-corrected chi connectivity index (χ4v) is 1.63. The van der Waals surface area contributed by atoms with Crippen LogP contribution in [0.2, 0.25) is 0 Å². The fourth-order valence-electron chi connectivity index (χ4n) is 1.63. The van der Waals surface area contributed by atoms with Crippen molar-refractivity contribution in [3.8, 4) is 11.6 Å². The molecule has 1 aromatic carbocycles. The molecule has 18 heavy (non-hydrogen) atoms. The number of benzene rings is 1. The van der Waals surface area contributed by atoms with Crippen LogP contribution in [-0.4, -0.2) is 4.98 Å². The van der Waals surface area contributed by atoms with Crippen LogP contribution in [0, 0.1) is 19.7 Å². The van der Waals surface area contributed by atoms with Crippen LogP contribution in [0.4, 0.5) is 4.39 Å². The van der Waals surface area contributed by atoms with Crippen molar-refractivity contribution in [3.63, 3.8) is 0 Å². The predicted molar refractivity (Wildman–Crippen MR) is 68.1 cm³/mol. The Labute approximate surface area is 105 Å². The maximum Gasteiger partial charge on any atom is 0.222 e. The zero-order chi connectivity index (χ0) is 13.1. The lowest BCUT2D eigenvalue weighted by Crippen LogP contribution is -2.00. The van der Waals surface area contributed by atoms with Gasteiger partial charge in [-0.05, 0) is 43.2 Å². The number of rotatable bonds is 3. The first-order valence-electron chi connectivity index (χ1n) is 5.69. The molecule has 0 aliphatic heterocycles. The maximum absolute atomic E-state index is 13.6. The molecular weight excluding hydrogens is 231 g/mol. The van der Waals surface area contributed by atoms with E-state index in [9.17, 15) is 4.39 Å². The summed E-state index contributed by atoms with van der Waals surface area (Å²) >= 11 is 0. The molecule has 1 heterocycles. The van der Waals surface area contributed by atoms with Gasteiger partial charge in [0.2, 0.25) is 5.88 Å². The lowest BCUT2D eigenvalue weighted by Gasteiger charge is -2.09. The molecule has 0 aliphatic rings. The second kappa shape index (κ2) is 5.14. The summed E-state index contributed by atoms with van der Waals surface area (Å²) in [5.41, 5.74) is 8.21. The van der Waals surface area contributed by atoms with E-state index in [1.54, 1.807) is 18.3 Å². The Bertz CT molecular complexity index is 570. The summed E-state index contributed by atoms with van der Waals surface area (Å²) in [6, 6.07) is 6.61. The van der Waals surface area contributed by atoms with Crippen molar-refractivity contribution < 1.29 is 9.13 Å². The highest BCUT2D eigenvalue weighted by Crippen LogP contribution is 2.26. The first-order valence-corrected chi connectivity index (χ1v) is 5.69. The minimum atomic E-state index is -0.398. The normalized spacial score (nSPS) is 10.4. The molecule has 0 saturated heterocycles. The molecule has 0 amide bonds. The Hall–Kier alpha value is -1.94. The molecule has 1 aromatic heterocycles. The number of ether oxygens (including phenoxy) is 1. The standard InChI is InChI=1S/C14H15FN2O/c1-9-3-4-12(15)13(5-9)18-14-10(2)6-11(7-16)8-17-14/h3-6,8H,7,16H2,1-2H3. The Morgan fingerprint density at radius 2 is 2.06 bits per heavy atom. The quantitative estimate of drug-likeness (QED) is 0.905. The lowest BCUT2D eigenvalue weighted by molar-refractivity contribution is 0.424. The highest BCUT2D eigenvalue weighted by Gasteiger charge is 2.08. The van der Waals surface area contributed by atoms with Gasteiger partial charge in [-0.1, -0.05) is 6.07 Å². The first kappa shape index (κ1) is 12.5. The second-order valence-corrected chi connectivity index (χ2v) is 4.21. The summed E-state index contributed by atoms with van der Waals surface area (Å²) in [6.45, 7) is 4.16. The molecule has 0 atom stereocenters. The summed E-state index contributed by atoms with van der Waals surface area (Å²) in [5, 5.41) is 0. The smallest absolute Gasteiger partial charge is 0.222 e. The van der Waals surface area contributed by atoms with Crippen molar-refractivity contribution in [3.05, 3.63) is 53.0 Å². The van der Waals surface area contributed by atoms with Crippen LogP contribution in [-0.2, 0) is 6.54 Å². The van der Waals surface area contributed by atoms with Crippen LogP contribution in [0.5, 0.6) is 11.6 Å². The largest absolute Gasteiger partial charge is 0.436 e. The van der Waals surface area contributed by atoms with Gasteiger partial charge in [0.15, 0.2) is 11.6 Å². The van der Waals surface area contributed by atoms with Gasteiger partial charge in [-0.15, -0.1) is 0 Å². The minimum absolute atomic E-state index is 0.186. The van der Waals surface area contributed by atoms with Crippen LogP contribution in [0.25, 0.3) is 0 Å². The Kier molecular flexibility index (Phi) is 3.58. The number of halogens is 1. The molecule has 0 spiro atoms. The Morgan fingerprint density at radius 3 is 2.72 bits per heavy atom. The van der Waals surface area contributed by atoms with Gasteiger partial charge in [0.25, 0.3) is 0 Å². The van der Waals surface area contributed by atoms with Crippen molar-refractivity contribution in [2.24, 2.45) is 5.73 Å². The summed E-state index contributed by atoms with van der Waals surface area (Å²) in [7, 11) is 0. The van der Waals surface area contributed by atoms with Gasteiger partial charge in [-0.25, -0.2) is 9.37 Å². The molecule has 0 unspecified atom stereocenters. The maximum atomic E-state index is 13.6. The van der Waals surface area contributed by atoms with E-state index in [-0.39, 0.29) is 5.75 Å². The van der Waals surface area contributed by atoms with E-state index >= 15 is 0 Å². The van der Waals surface area contributed by atoms with E-state index in [1.807, 2.05) is 19.9 Å². The van der Waals surface area contributed by atoms with Crippen LogP contribution in [0.3, 0.4) is 0 Å². The van der Waals surface area contributed by atoms with Crippen LogP contribution < -0.4 is 10.5 Å². The average Bonchev–Trinajstić information content (AvgIpc) is 2.36. The topological polar surface area (TPSA) is 48.1 Å². The molecule has 4 heteroatoms. The minimum Gasteiger partial charge on any atom is -0.436 e. The Balaban J connectivity index is 2.31. The van der Waals surface area contributed by atoms with E-state index in [4.69, 9.17) is 10.5 Å². The number of nitrogens with two attached hydrogens (primary N) is 1. The van der Waals surface area contributed by atoms with Crippen molar-refractivity contribution in [2.45, 2.75) is 20.4 Å². The summed E-state index contributed by atoms with van der Waals surface area (Å²) < 4.78 is 19.1. The average molecular weight is 246 g/mol. The molecular formula is C14H15FN2O. The van der Waals surface area contributed by atoms with Gasteiger partial charge < -0.3 is 10.5 Å². The zero-order valence-electron chi connectivity index (χ0n) is 10.4. The molecule has 0 bridgehead atoms. The highest BCUT2D eigenvalue weighted by molar-refractivity contribution is 5.36. The van der Waals surface area contributed by atoms with E-state index in [0.29, 0.717) is 12.4 Å². The molecule has 0 radical (unpaired) electrons. The van der Waals surface area contributed by atoms with Gasteiger partial charge in [0.1, 0.15) is 0 Å². The molecule has 0 saturated carbocycles. The van der Waals surface area contributed by atoms with Crippen molar-refractivity contribution in [2.75, 3.05) is 0 Å².